The molecule has 3 aromatic carbocycles. The van der Waals surface area contributed by atoms with Crippen LogP contribution in [0.25, 0.3) is 10.8 Å². The molecule has 0 aliphatic heterocycles. The minimum Gasteiger partial charge on any atom is -0.117 e. The highest BCUT2D eigenvalue weighted by atomic mass is 79.9. The van der Waals surface area contributed by atoms with Gasteiger partial charge in [-0.15, -0.1) is 11.6 Å². The average molecular weight is 346 g/mol. The van der Waals surface area contributed by atoms with Gasteiger partial charge in [-0.2, -0.15) is 0 Å². The van der Waals surface area contributed by atoms with Crippen molar-refractivity contribution < 1.29 is 0 Å². The van der Waals surface area contributed by atoms with Gasteiger partial charge in [0.05, 0.1) is 5.38 Å². The zero-order chi connectivity index (χ0) is 13.9. The Balaban J connectivity index is 1.93. The number of benzene rings is 3. The van der Waals surface area contributed by atoms with Crippen molar-refractivity contribution in [3.8, 4) is 0 Å². The predicted molar refractivity (Wildman–Crippen MR) is 90.4 cm³/mol. The molecule has 0 aliphatic rings. The molecule has 0 N–H and O–H groups in total. The summed E-state index contributed by atoms with van der Waals surface area (Å²) < 4.78 is 1.07. The Labute approximate surface area is 132 Å². The predicted octanol–water partition coefficient (Wildman–Crippen LogP) is 6.12. The standard InChI is InChI=1S/C18H14BrCl/c19-16-9-4-8-15(11-16)18(20)12-14-7-3-6-13-5-1-2-10-17(13)14/h1-11,18H,12H2. The second-order valence-corrected chi connectivity index (χ2v) is 6.31. The van der Waals surface area contributed by atoms with E-state index < -0.39 is 0 Å². The largest absolute Gasteiger partial charge is 0.117 e. The van der Waals surface area contributed by atoms with Crippen LogP contribution in [0.5, 0.6) is 0 Å². The fourth-order valence-electron chi connectivity index (χ4n) is 2.48. The van der Waals surface area contributed by atoms with Crippen molar-refractivity contribution in [2.75, 3.05) is 0 Å². The molecule has 0 aliphatic carbocycles. The SMILES string of the molecule is ClC(Cc1cccc2ccccc12)c1cccc(Br)c1. The molecule has 0 bridgehead atoms. The van der Waals surface area contributed by atoms with E-state index in [2.05, 4.69) is 70.5 Å². The zero-order valence-electron chi connectivity index (χ0n) is 10.9. The lowest BCUT2D eigenvalue weighted by Gasteiger charge is -2.12. The van der Waals surface area contributed by atoms with Crippen LogP contribution < -0.4 is 0 Å². The number of alkyl halides is 1. The van der Waals surface area contributed by atoms with Crippen LogP contribution in [0.1, 0.15) is 16.5 Å². The Morgan fingerprint density at radius 3 is 2.50 bits per heavy atom. The van der Waals surface area contributed by atoms with Gasteiger partial charge >= 0.3 is 0 Å². The fraction of sp³-hybridized carbons (Fsp3) is 0.111. The van der Waals surface area contributed by atoms with E-state index in [0.29, 0.717) is 0 Å². The van der Waals surface area contributed by atoms with E-state index in [4.69, 9.17) is 11.6 Å². The summed E-state index contributed by atoms with van der Waals surface area (Å²) in [5.41, 5.74) is 2.44. The highest BCUT2D eigenvalue weighted by molar-refractivity contribution is 9.10. The van der Waals surface area contributed by atoms with Crippen LogP contribution in [0.15, 0.2) is 71.2 Å². The Morgan fingerprint density at radius 2 is 1.65 bits per heavy atom. The maximum Gasteiger partial charge on any atom is 0.0626 e. The summed E-state index contributed by atoms with van der Waals surface area (Å²) in [7, 11) is 0. The molecule has 100 valence electrons. The molecule has 0 amide bonds. The summed E-state index contributed by atoms with van der Waals surface area (Å²) in [6, 6.07) is 23.1. The first-order chi connectivity index (χ1) is 9.74. The van der Waals surface area contributed by atoms with E-state index in [-0.39, 0.29) is 5.38 Å². The first kappa shape index (κ1) is 13.7. The average Bonchev–Trinajstić information content (AvgIpc) is 2.47. The van der Waals surface area contributed by atoms with Gasteiger partial charge in [0.25, 0.3) is 0 Å². The minimum atomic E-state index is -0.0155. The molecule has 3 rings (SSSR count). The molecule has 0 nitrogen and oxygen atoms in total. The molecule has 20 heavy (non-hydrogen) atoms. The van der Waals surface area contributed by atoms with E-state index in [1.807, 2.05) is 12.1 Å². The second-order valence-electron chi connectivity index (χ2n) is 4.86. The van der Waals surface area contributed by atoms with Gasteiger partial charge in [-0.3, -0.25) is 0 Å². The molecule has 3 aromatic rings. The van der Waals surface area contributed by atoms with Crippen LogP contribution >= 0.6 is 27.5 Å². The first-order valence-corrected chi connectivity index (χ1v) is 7.83. The van der Waals surface area contributed by atoms with Gasteiger partial charge < -0.3 is 0 Å². The maximum absolute atomic E-state index is 6.59. The zero-order valence-corrected chi connectivity index (χ0v) is 13.2. The van der Waals surface area contributed by atoms with E-state index in [1.54, 1.807) is 0 Å². The lowest BCUT2D eigenvalue weighted by Crippen LogP contribution is -1.96. The van der Waals surface area contributed by atoms with Crippen molar-refractivity contribution in [2.45, 2.75) is 11.8 Å². The van der Waals surface area contributed by atoms with Crippen molar-refractivity contribution in [1.82, 2.24) is 0 Å². The molecule has 0 spiro atoms. The van der Waals surface area contributed by atoms with Crippen LogP contribution in [0.3, 0.4) is 0 Å². The molecule has 0 fully saturated rings. The summed E-state index contributed by atoms with van der Waals surface area (Å²) in [6.45, 7) is 0. The smallest absolute Gasteiger partial charge is 0.0626 e. The Kier molecular flexibility index (Phi) is 4.09. The molecule has 0 aromatic heterocycles. The Bertz CT molecular complexity index is 731. The van der Waals surface area contributed by atoms with Crippen LogP contribution in [-0.4, -0.2) is 0 Å². The quantitative estimate of drug-likeness (QED) is 0.501. The summed E-state index contributed by atoms with van der Waals surface area (Å²) in [6.07, 6.45) is 0.833. The summed E-state index contributed by atoms with van der Waals surface area (Å²) in [5.74, 6) is 0. The molecule has 0 saturated heterocycles. The third-order valence-electron chi connectivity index (χ3n) is 3.49. The van der Waals surface area contributed by atoms with Crippen molar-refractivity contribution in [3.63, 3.8) is 0 Å². The molecule has 0 saturated carbocycles. The summed E-state index contributed by atoms with van der Waals surface area (Å²) in [4.78, 5) is 0. The Hall–Kier alpha value is -1.31. The molecule has 0 radical (unpaired) electrons. The van der Waals surface area contributed by atoms with Gasteiger partial charge in [0, 0.05) is 4.47 Å². The number of rotatable bonds is 3. The van der Waals surface area contributed by atoms with Crippen LogP contribution in [-0.2, 0) is 6.42 Å². The van der Waals surface area contributed by atoms with Crippen LogP contribution in [0.2, 0.25) is 0 Å². The lowest BCUT2D eigenvalue weighted by atomic mass is 9.98. The van der Waals surface area contributed by atoms with Crippen LogP contribution in [0, 0.1) is 0 Å². The molecule has 2 heteroatoms. The number of hydrogen-bond acceptors (Lipinski definition) is 0. The first-order valence-electron chi connectivity index (χ1n) is 6.60. The van der Waals surface area contributed by atoms with Crippen LogP contribution in [0.4, 0.5) is 0 Å². The molecule has 1 atom stereocenters. The van der Waals surface area contributed by atoms with Crippen molar-refractivity contribution in [2.24, 2.45) is 0 Å². The van der Waals surface area contributed by atoms with Gasteiger partial charge in [0.15, 0.2) is 0 Å². The number of fused-ring (bicyclic) bond motifs is 1. The third kappa shape index (κ3) is 2.89. The maximum atomic E-state index is 6.59. The fourth-order valence-corrected chi connectivity index (χ4v) is 3.20. The van der Waals surface area contributed by atoms with E-state index >= 15 is 0 Å². The minimum absolute atomic E-state index is 0.0155. The van der Waals surface area contributed by atoms with Crippen molar-refractivity contribution in [3.05, 3.63) is 82.3 Å². The summed E-state index contributed by atoms with van der Waals surface area (Å²) >= 11 is 10.1. The van der Waals surface area contributed by atoms with Gasteiger partial charge in [0.1, 0.15) is 0 Å². The monoisotopic (exact) mass is 344 g/mol. The van der Waals surface area contributed by atoms with E-state index in [1.165, 1.54) is 16.3 Å². The Morgan fingerprint density at radius 1 is 0.900 bits per heavy atom. The van der Waals surface area contributed by atoms with Crippen molar-refractivity contribution >= 4 is 38.3 Å². The number of halogens is 2. The molecule has 1 unspecified atom stereocenters. The van der Waals surface area contributed by atoms with Gasteiger partial charge in [0.2, 0.25) is 0 Å². The van der Waals surface area contributed by atoms with Crippen molar-refractivity contribution in [1.29, 1.82) is 0 Å². The van der Waals surface area contributed by atoms with E-state index in [9.17, 15) is 0 Å². The topological polar surface area (TPSA) is 0 Å². The molecular weight excluding hydrogens is 332 g/mol. The van der Waals surface area contributed by atoms with Gasteiger partial charge in [-0.25, -0.2) is 0 Å². The lowest BCUT2D eigenvalue weighted by molar-refractivity contribution is 0.926. The van der Waals surface area contributed by atoms with E-state index in [0.717, 1.165) is 16.5 Å². The molecule has 0 heterocycles. The summed E-state index contributed by atoms with van der Waals surface area (Å²) in [5, 5.41) is 2.54. The highest BCUT2D eigenvalue weighted by Crippen LogP contribution is 2.29. The second kappa shape index (κ2) is 5.99. The van der Waals surface area contributed by atoms with Gasteiger partial charge in [-0.1, -0.05) is 70.5 Å². The van der Waals surface area contributed by atoms with Gasteiger partial charge in [-0.05, 0) is 40.5 Å². The highest BCUT2D eigenvalue weighted by Gasteiger charge is 2.11. The third-order valence-corrected chi connectivity index (χ3v) is 4.39. The normalized spacial score (nSPS) is 12.5. The number of hydrogen-bond donors (Lipinski definition) is 0. The molecular formula is C18H14BrCl.